The fourth-order valence-electron chi connectivity index (χ4n) is 9.56. The van der Waals surface area contributed by atoms with E-state index in [1.165, 1.54) is 18.9 Å². The summed E-state index contributed by atoms with van der Waals surface area (Å²) in [6.45, 7) is 20.8. The van der Waals surface area contributed by atoms with Crippen molar-refractivity contribution in [2.24, 2.45) is 10.8 Å². The lowest BCUT2D eigenvalue weighted by Crippen LogP contribution is -2.56. The van der Waals surface area contributed by atoms with Gasteiger partial charge in [-0.15, -0.1) is 11.3 Å². The fourth-order valence-corrected chi connectivity index (χ4v) is 10.6. The standard InChI is InChI=1S/C41H51F2N7O4S.C4H10/c1-6-30(42)36-32(27(13-44)37(45)55-36)24(3)31-28-17-53-18-29(28)33-35(34(31)43)46-39(47-38(33)50-25-7-8-26(50)16-48(15-25)14-23(2)51)54-22-41(9-10-41)21-49-19-40(4,20-49)11-12-52-5;1-3-4-2/h6,23,25-26,51H,3,7-12,14-22,45H2,1-2,4-5H3;3-4H2,1-2H3/b30-6+;. The number of hydrogen-bond acceptors (Lipinski definition) is 12. The molecule has 0 radical (unpaired) electrons. The first-order valence-corrected chi connectivity index (χ1v) is 22.1. The summed E-state index contributed by atoms with van der Waals surface area (Å²) in [5.74, 6) is -0.585. The van der Waals surface area contributed by atoms with Gasteiger partial charge in [0.05, 0.1) is 41.8 Å². The minimum atomic E-state index is -0.643. The Bertz CT molecular complexity index is 2110. The zero-order valence-electron chi connectivity index (χ0n) is 35.6. The van der Waals surface area contributed by atoms with Crippen LogP contribution in [0.15, 0.2) is 12.7 Å². The molecule has 3 N–H and O–H groups in total. The van der Waals surface area contributed by atoms with Gasteiger partial charge in [-0.3, -0.25) is 4.90 Å². The maximum Gasteiger partial charge on any atom is 0.319 e. The van der Waals surface area contributed by atoms with E-state index in [0.717, 1.165) is 88.3 Å². The minimum absolute atomic E-state index is 0.0175. The number of fused-ring (bicyclic) bond motifs is 5. The number of unbranched alkanes of at least 4 members (excludes halogenated alkanes) is 1. The number of hydrogen-bond donors (Lipinski definition) is 2. The first kappa shape index (κ1) is 43.4. The molecule has 1 aromatic carbocycles. The molecule has 5 aliphatic rings. The number of ether oxygens (including phenoxy) is 3. The van der Waals surface area contributed by atoms with Gasteiger partial charge in [0.15, 0.2) is 5.82 Å². The topological polar surface area (TPSA) is 133 Å². The summed E-state index contributed by atoms with van der Waals surface area (Å²) in [6.07, 6.45) is 8.47. The van der Waals surface area contributed by atoms with Crippen LogP contribution in [-0.4, -0.2) is 103 Å². The van der Waals surface area contributed by atoms with E-state index in [-0.39, 0.29) is 79.8 Å². The molecule has 11 nitrogen and oxygen atoms in total. The summed E-state index contributed by atoms with van der Waals surface area (Å²) in [4.78, 5) is 17.2. The molecule has 3 aromatic rings. The van der Waals surface area contributed by atoms with Crippen LogP contribution >= 0.6 is 11.3 Å². The average molecular weight is 834 g/mol. The normalized spacial score (nSPS) is 22.4. The van der Waals surface area contributed by atoms with Crippen molar-refractivity contribution in [1.82, 2.24) is 19.8 Å². The first-order chi connectivity index (χ1) is 28.3. The van der Waals surface area contributed by atoms with Crippen LogP contribution in [0.25, 0.3) is 22.3 Å². The number of likely N-dealkylation sites (tertiary alicyclic amines) is 2. The van der Waals surface area contributed by atoms with Gasteiger partial charge in [0, 0.05) is 81.6 Å². The predicted octanol–water partition coefficient (Wildman–Crippen LogP) is 8.06. The van der Waals surface area contributed by atoms with Crippen LogP contribution in [0, 0.1) is 28.0 Å². The highest BCUT2D eigenvalue weighted by Gasteiger charge is 2.49. The van der Waals surface area contributed by atoms with E-state index in [1.807, 2.05) is 6.92 Å². The van der Waals surface area contributed by atoms with E-state index in [0.29, 0.717) is 29.9 Å². The van der Waals surface area contributed by atoms with Crippen molar-refractivity contribution >= 4 is 44.5 Å². The number of aliphatic hydroxyl groups is 1. The number of nitrogens with zero attached hydrogens (tertiary/aromatic N) is 6. The SMILES string of the molecule is C=C(c1c(/C(F)=C\C)sc(N)c1C#N)c1c2c(c3c(N4C5CCC4CN(CC(C)O)C5)nc(OCC4(CN5CC(C)(CCOC)C5)CC4)nc3c1F)COC2.CCCC. The molecule has 2 aromatic heterocycles. The summed E-state index contributed by atoms with van der Waals surface area (Å²) >= 11 is 0.943. The molecule has 0 amide bonds. The first-order valence-electron chi connectivity index (χ1n) is 21.3. The Morgan fingerprint density at radius 3 is 2.41 bits per heavy atom. The molecule has 3 atom stereocenters. The summed E-state index contributed by atoms with van der Waals surface area (Å²) in [6, 6.07) is 2.42. The number of anilines is 2. The number of allylic oxidation sites excluding steroid dienone is 1. The summed E-state index contributed by atoms with van der Waals surface area (Å²) in [5.41, 5.74) is 8.39. The van der Waals surface area contributed by atoms with E-state index in [4.69, 9.17) is 29.9 Å². The largest absolute Gasteiger partial charge is 0.463 e. The molecule has 1 aliphatic carbocycles. The molecular formula is C45H61F2N7O4S. The minimum Gasteiger partial charge on any atom is -0.463 e. The molecule has 59 heavy (non-hydrogen) atoms. The molecule has 3 unspecified atom stereocenters. The number of nitrogens with two attached hydrogens (primary N) is 1. The van der Waals surface area contributed by atoms with Crippen molar-refractivity contribution in [2.45, 2.75) is 111 Å². The number of aliphatic hydroxyl groups excluding tert-OH is 1. The molecule has 1 saturated carbocycles. The Hall–Kier alpha value is -3.71. The Balaban J connectivity index is 0.00000126. The third kappa shape index (κ3) is 8.61. The van der Waals surface area contributed by atoms with Gasteiger partial charge >= 0.3 is 6.01 Å². The van der Waals surface area contributed by atoms with Gasteiger partial charge in [-0.1, -0.05) is 46.3 Å². The number of nitriles is 1. The molecule has 4 aliphatic heterocycles. The number of nitrogen functional groups attached to an aromatic ring is 1. The lowest BCUT2D eigenvalue weighted by molar-refractivity contribution is -0.0248. The van der Waals surface area contributed by atoms with Crippen LogP contribution in [0.3, 0.4) is 0 Å². The maximum absolute atomic E-state index is 17.6. The highest BCUT2D eigenvalue weighted by Crippen LogP contribution is 2.51. The molecular weight excluding hydrogens is 773 g/mol. The molecule has 6 heterocycles. The molecule has 14 heteroatoms. The zero-order valence-corrected chi connectivity index (χ0v) is 36.5. The number of thiophene rings is 1. The monoisotopic (exact) mass is 833 g/mol. The van der Waals surface area contributed by atoms with Gasteiger partial charge in [0.1, 0.15) is 28.2 Å². The van der Waals surface area contributed by atoms with Crippen LogP contribution < -0.4 is 15.4 Å². The second kappa shape index (κ2) is 17.7. The fraction of sp³-hybridized carbons (Fsp3) is 0.622. The zero-order chi connectivity index (χ0) is 42.2. The van der Waals surface area contributed by atoms with E-state index in [9.17, 15) is 10.4 Å². The van der Waals surface area contributed by atoms with E-state index in [1.54, 1.807) is 14.0 Å². The van der Waals surface area contributed by atoms with Crippen LogP contribution in [0.5, 0.6) is 6.01 Å². The quantitative estimate of drug-likeness (QED) is 0.154. The summed E-state index contributed by atoms with van der Waals surface area (Å²) < 4.78 is 50.8. The van der Waals surface area contributed by atoms with Gasteiger partial charge in [0.2, 0.25) is 0 Å². The van der Waals surface area contributed by atoms with Crippen molar-refractivity contribution in [3.8, 4) is 12.1 Å². The number of methoxy groups -OCH3 is 1. The number of rotatable bonds is 15. The number of benzene rings is 1. The van der Waals surface area contributed by atoms with Crippen LogP contribution in [0.2, 0.25) is 0 Å². The highest BCUT2D eigenvalue weighted by atomic mass is 32.1. The Morgan fingerprint density at radius 1 is 1.14 bits per heavy atom. The molecule has 4 fully saturated rings. The lowest BCUT2D eigenvalue weighted by atomic mass is 9.78. The smallest absolute Gasteiger partial charge is 0.319 e. The summed E-state index contributed by atoms with van der Waals surface area (Å²) in [5, 5.41) is 21.0. The van der Waals surface area contributed by atoms with Crippen molar-refractivity contribution < 1.29 is 28.1 Å². The van der Waals surface area contributed by atoms with Crippen LogP contribution in [0.1, 0.15) is 112 Å². The number of halogens is 2. The van der Waals surface area contributed by atoms with E-state index in [2.05, 4.69) is 48.1 Å². The predicted molar refractivity (Wildman–Crippen MR) is 231 cm³/mol. The maximum atomic E-state index is 17.6. The van der Waals surface area contributed by atoms with Crippen molar-refractivity contribution in [3.05, 3.63) is 51.2 Å². The summed E-state index contributed by atoms with van der Waals surface area (Å²) in [7, 11) is 1.75. The van der Waals surface area contributed by atoms with Gasteiger partial charge in [-0.2, -0.15) is 15.2 Å². The van der Waals surface area contributed by atoms with Gasteiger partial charge in [0.25, 0.3) is 0 Å². The number of β-amino-alcohol motifs (C(OH)–C–C–N with tert-alkyl or cyclic N) is 1. The second-order valence-electron chi connectivity index (χ2n) is 17.8. The third-order valence-corrected chi connectivity index (χ3v) is 13.9. The lowest BCUT2D eigenvalue weighted by Gasteiger charge is -2.49. The van der Waals surface area contributed by atoms with Crippen molar-refractivity contribution in [3.63, 3.8) is 0 Å². The van der Waals surface area contributed by atoms with Crippen LogP contribution in [0.4, 0.5) is 19.6 Å². The van der Waals surface area contributed by atoms with Crippen molar-refractivity contribution in [1.29, 1.82) is 5.26 Å². The Kier molecular flexibility index (Phi) is 13.0. The van der Waals surface area contributed by atoms with Crippen molar-refractivity contribution in [2.75, 3.05) is 70.2 Å². The molecule has 2 bridgehead atoms. The van der Waals surface area contributed by atoms with E-state index < -0.39 is 17.7 Å². The molecule has 8 rings (SSSR count). The third-order valence-electron chi connectivity index (χ3n) is 12.8. The molecule has 3 saturated heterocycles. The number of aromatic nitrogens is 2. The van der Waals surface area contributed by atoms with Gasteiger partial charge in [-0.05, 0) is 68.1 Å². The Morgan fingerprint density at radius 2 is 1.81 bits per heavy atom. The number of piperazine rings is 1. The Labute approximate surface area is 351 Å². The van der Waals surface area contributed by atoms with Gasteiger partial charge in [-0.25, -0.2) is 8.78 Å². The average Bonchev–Trinajstić information content (AvgIpc) is 3.49. The highest BCUT2D eigenvalue weighted by molar-refractivity contribution is 7.17. The van der Waals surface area contributed by atoms with Crippen LogP contribution in [-0.2, 0) is 22.7 Å². The van der Waals surface area contributed by atoms with Gasteiger partial charge < -0.3 is 34.9 Å². The second-order valence-corrected chi connectivity index (χ2v) is 18.9. The molecule has 0 spiro atoms. The molecule has 320 valence electrons. The van der Waals surface area contributed by atoms with E-state index >= 15 is 8.78 Å².